The monoisotopic (exact) mass is 310 g/mol. The number of Topliss-reactive ketones (excluding diaryl/α,β-unsaturated/α-hetero) is 1. The Hall–Kier alpha value is -2.62. The van der Waals surface area contributed by atoms with Crippen LogP contribution in [-0.4, -0.2) is 24.3 Å². The van der Waals surface area contributed by atoms with Crippen molar-refractivity contribution in [2.75, 3.05) is 16.8 Å². The Bertz CT molecular complexity index is 664. The van der Waals surface area contributed by atoms with Crippen LogP contribution < -0.4 is 10.2 Å². The summed E-state index contributed by atoms with van der Waals surface area (Å²) in [6.45, 7) is 5.72. The highest BCUT2D eigenvalue weighted by atomic mass is 16.2. The number of carbonyl (C=O) groups excluding carboxylic acids is 2. The average Bonchev–Trinajstić information content (AvgIpc) is 2.54. The molecule has 0 saturated heterocycles. The van der Waals surface area contributed by atoms with E-state index in [1.54, 1.807) is 17.0 Å². The van der Waals surface area contributed by atoms with E-state index in [-0.39, 0.29) is 24.3 Å². The highest BCUT2D eigenvalue weighted by molar-refractivity contribution is 5.97. The summed E-state index contributed by atoms with van der Waals surface area (Å²) < 4.78 is 0. The van der Waals surface area contributed by atoms with Gasteiger partial charge in [0.05, 0.1) is 6.54 Å². The number of hydrogen-bond acceptors (Lipinski definition) is 3. The number of hydrogen-bond donors (Lipinski definition) is 1. The van der Waals surface area contributed by atoms with E-state index in [0.29, 0.717) is 5.56 Å². The smallest absolute Gasteiger partial charge is 0.246 e. The summed E-state index contributed by atoms with van der Waals surface area (Å²) in [5, 5.41) is 3.11. The molecule has 23 heavy (non-hydrogen) atoms. The molecule has 0 bridgehead atoms. The molecular weight excluding hydrogens is 288 g/mol. The molecule has 120 valence electrons. The number of rotatable bonds is 6. The number of nitrogens with zero attached hydrogens (tertiary/aromatic N) is 1. The highest BCUT2D eigenvalue weighted by Crippen LogP contribution is 2.17. The number of amides is 1. The maximum absolute atomic E-state index is 12.5. The van der Waals surface area contributed by atoms with Gasteiger partial charge in [-0.15, -0.1) is 0 Å². The van der Waals surface area contributed by atoms with E-state index in [9.17, 15) is 9.59 Å². The standard InChI is InChI=1S/C19H22N2O2/c1-14(2)21(18-7-5-4-6-8-18)19(23)13-20-17-11-9-16(10-12-17)15(3)22/h4-12,14,20H,13H2,1-3H3. The lowest BCUT2D eigenvalue weighted by atomic mass is 10.1. The van der Waals surface area contributed by atoms with Crippen LogP contribution in [0.15, 0.2) is 54.6 Å². The summed E-state index contributed by atoms with van der Waals surface area (Å²) in [5.74, 6) is 0.0320. The van der Waals surface area contributed by atoms with E-state index >= 15 is 0 Å². The van der Waals surface area contributed by atoms with Crippen molar-refractivity contribution in [1.82, 2.24) is 0 Å². The molecule has 0 heterocycles. The summed E-state index contributed by atoms with van der Waals surface area (Å²) in [7, 11) is 0. The number of nitrogens with one attached hydrogen (secondary N) is 1. The first-order chi connectivity index (χ1) is 11.0. The number of benzene rings is 2. The predicted molar refractivity (Wildman–Crippen MR) is 94.0 cm³/mol. The van der Waals surface area contributed by atoms with Crippen molar-refractivity contribution >= 4 is 23.1 Å². The Labute approximate surface area is 137 Å². The third kappa shape index (κ3) is 4.42. The zero-order valence-corrected chi connectivity index (χ0v) is 13.7. The molecule has 4 nitrogen and oxygen atoms in total. The van der Waals surface area contributed by atoms with Crippen LogP contribution in [0.5, 0.6) is 0 Å². The Balaban J connectivity index is 2.03. The molecule has 0 radical (unpaired) electrons. The van der Waals surface area contributed by atoms with Crippen molar-refractivity contribution in [3.8, 4) is 0 Å². The molecule has 0 unspecified atom stereocenters. The van der Waals surface area contributed by atoms with Crippen molar-refractivity contribution in [2.45, 2.75) is 26.8 Å². The number of carbonyl (C=O) groups is 2. The molecule has 0 aliphatic heterocycles. The van der Waals surface area contributed by atoms with E-state index in [0.717, 1.165) is 11.4 Å². The van der Waals surface area contributed by atoms with Gasteiger partial charge in [0.15, 0.2) is 5.78 Å². The summed E-state index contributed by atoms with van der Waals surface area (Å²) >= 11 is 0. The van der Waals surface area contributed by atoms with E-state index in [4.69, 9.17) is 0 Å². The van der Waals surface area contributed by atoms with E-state index in [1.807, 2.05) is 56.3 Å². The molecule has 0 atom stereocenters. The second kappa shape index (κ2) is 7.58. The van der Waals surface area contributed by atoms with E-state index < -0.39 is 0 Å². The quantitative estimate of drug-likeness (QED) is 0.827. The fourth-order valence-corrected chi connectivity index (χ4v) is 2.40. The molecule has 1 N–H and O–H groups in total. The van der Waals surface area contributed by atoms with Gasteiger partial charge < -0.3 is 10.2 Å². The fourth-order valence-electron chi connectivity index (χ4n) is 2.40. The summed E-state index contributed by atoms with van der Waals surface area (Å²) in [6.07, 6.45) is 0. The Morgan fingerprint density at radius 1 is 1.00 bits per heavy atom. The normalized spacial score (nSPS) is 10.4. The van der Waals surface area contributed by atoms with Gasteiger partial charge in [-0.1, -0.05) is 18.2 Å². The number of anilines is 2. The van der Waals surface area contributed by atoms with Gasteiger partial charge in [0.2, 0.25) is 5.91 Å². The molecule has 0 aliphatic carbocycles. The molecule has 2 aromatic rings. The Kier molecular flexibility index (Phi) is 5.52. The van der Waals surface area contributed by atoms with E-state index in [2.05, 4.69) is 5.32 Å². The molecule has 0 saturated carbocycles. The summed E-state index contributed by atoms with van der Waals surface area (Å²) in [4.78, 5) is 25.6. The van der Waals surface area contributed by atoms with Crippen LogP contribution in [-0.2, 0) is 4.79 Å². The zero-order valence-electron chi connectivity index (χ0n) is 13.7. The lowest BCUT2D eigenvalue weighted by Crippen LogP contribution is -2.40. The summed E-state index contributed by atoms with van der Waals surface area (Å²) in [6, 6.07) is 16.8. The minimum absolute atomic E-state index is 0.00171. The first-order valence-electron chi connectivity index (χ1n) is 7.71. The lowest BCUT2D eigenvalue weighted by Gasteiger charge is -2.27. The van der Waals surface area contributed by atoms with Gasteiger partial charge in [0, 0.05) is 23.0 Å². The van der Waals surface area contributed by atoms with Crippen molar-refractivity contribution < 1.29 is 9.59 Å². The van der Waals surface area contributed by atoms with Crippen LogP contribution in [0.3, 0.4) is 0 Å². The molecule has 0 spiro atoms. The molecule has 1 amide bonds. The van der Waals surface area contributed by atoms with Crippen molar-refractivity contribution in [3.63, 3.8) is 0 Å². The van der Waals surface area contributed by atoms with Gasteiger partial charge >= 0.3 is 0 Å². The third-order valence-electron chi connectivity index (χ3n) is 3.55. The third-order valence-corrected chi connectivity index (χ3v) is 3.55. The average molecular weight is 310 g/mol. The maximum atomic E-state index is 12.5. The SMILES string of the molecule is CC(=O)c1ccc(NCC(=O)N(c2ccccc2)C(C)C)cc1. The zero-order chi connectivity index (χ0) is 16.8. The second-order valence-corrected chi connectivity index (χ2v) is 5.68. The number of para-hydroxylation sites is 1. The van der Waals surface area contributed by atoms with Gasteiger partial charge in [-0.2, -0.15) is 0 Å². The molecule has 0 aromatic heterocycles. The van der Waals surface area contributed by atoms with Gasteiger partial charge in [-0.05, 0) is 57.2 Å². The number of ketones is 1. The first-order valence-corrected chi connectivity index (χ1v) is 7.71. The Morgan fingerprint density at radius 3 is 2.13 bits per heavy atom. The van der Waals surface area contributed by atoms with Gasteiger partial charge in [0.25, 0.3) is 0 Å². The summed E-state index contributed by atoms with van der Waals surface area (Å²) in [5.41, 5.74) is 2.37. The van der Waals surface area contributed by atoms with Crippen molar-refractivity contribution in [1.29, 1.82) is 0 Å². The van der Waals surface area contributed by atoms with Crippen LogP contribution in [0.25, 0.3) is 0 Å². The topological polar surface area (TPSA) is 49.4 Å². The highest BCUT2D eigenvalue weighted by Gasteiger charge is 2.18. The molecule has 4 heteroatoms. The predicted octanol–water partition coefficient (Wildman–Crippen LogP) is 3.74. The fraction of sp³-hybridized carbons (Fsp3) is 0.263. The van der Waals surface area contributed by atoms with E-state index in [1.165, 1.54) is 6.92 Å². The largest absolute Gasteiger partial charge is 0.376 e. The van der Waals surface area contributed by atoms with Crippen LogP contribution in [0.1, 0.15) is 31.1 Å². The van der Waals surface area contributed by atoms with Crippen LogP contribution in [0, 0.1) is 0 Å². The van der Waals surface area contributed by atoms with Gasteiger partial charge in [0.1, 0.15) is 0 Å². The Morgan fingerprint density at radius 2 is 1.61 bits per heavy atom. The molecule has 0 aliphatic rings. The lowest BCUT2D eigenvalue weighted by molar-refractivity contribution is -0.117. The van der Waals surface area contributed by atoms with Crippen molar-refractivity contribution in [3.05, 3.63) is 60.2 Å². The molecule has 2 aromatic carbocycles. The maximum Gasteiger partial charge on any atom is 0.246 e. The minimum atomic E-state index is 0.00171. The molecule has 2 rings (SSSR count). The van der Waals surface area contributed by atoms with Crippen LogP contribution in [0.2, 0.25) is 0 Å². The van der Waals surface area contributed by atoms with Crippen LogP contribution in [0.4, 0.5) is 11.4 Å². The van der Waals surface area contributed by atoms with Gasteiger partial charge in [-0.3, -0.25) is 9.59 Å². The van der Waals surface area contributed by atoms with Gasteiger partial charge in [-0.25, -0.2) is 0 Å². The molecule has 0 fully saturated rings. The van der Waals surface area contributed by atoms with Crippen molar-refractivity contribution in [2.24, 2.45) is 0 Å². The minimum Gasteiger partial charge on any atom is -0.376 e. The molecular formula is C19H22N2O2. The second-order valence-electron chi connectivity index (χ2n) is 5.68. The van der Waals surface area contributed by atoms with Crippen LogP contribution >= 0.6 is 0 Å². The first kappa shape index (κ1) is 16.7.